The highest BCUT2D eigenvalue weighted by atomic mass is 16.5. The van der Waals surface area contributed by atoms with Crippen molar-refractivity contribution in [3.05, 3.63) is 83.4 Å². The number of Topliss-reactive ketones (excluding diaryl/α,β-unsaturated/α-hetero) is 1. The number of fused-ring (bicyclic) bond motifs is 1. The molecule has 0 saturated carbocycles. The molecule has 3 aromatic carbocycles. The first-order valence-corrected chi connectivity index (χ1v) is 11.6. The van der Waals surface area contributed by atoms with Gasteiger partial charge >= 0.3 is 0 Å². The smallest absolute Gasteiger partial charge is 0.295 e. The fourth-order valence-corrected chi connectivity index (χ4v) is 4.63. The maximum absolute atomic E-state index is 13.3. The number of amides is 1. The fraction of sp³-hybridized carbons (Fsp3) is 0.286. The molecule has 1 fully saturated rings. The lowest BCUT2D eigenvalue weighted by atomic mass is 9.93. The van der Waals surface area contributed by atoms with E-state index in [1.165, 1.54) is 0 Å². The second-order valence-electron chi connectivity index (χ2n) is 8.32. The Morgan fingerprint density at radius 2 is 1.71 bits per heavy atom. The van der Waals surface area contributed by atoms with Crippen molar-refractivity contribution in [3.63, 3.8) is 0 Å². The summed E-state index contributed by atoms with van der Waals surface area (Å²) in [5.74, 6) is -0.801. The Kier molecular flexibility index (Phi) is 6.98. The van der Waals surface area contributed by atoms with Crippen molar-refractivity contribution in [2.24, 2.45) is 0 Å². The van der Waals surface area contributed by atoms with Crippen LogP contribution < -0.4 is 4.74 Å². The van der Waals surface area contributed by atoms with Crippen LogP contribution in [0, 0.1) is 0 Å². The van der Waals surface area contributed by atoms with Gasteiger partial charge in [0.2, 0.25) is 0 Å². The number of aliphatic hydroxyl groups excluding tert-OH is 1. The topological polar surface area (TPSA) is 70.1 Å². The van der Waals surface area contributed by atoms with E-state index in [4.69, 9.17) is 4.74 Å². The summed E-state index contributed by atoms with van der Waals surface area (Å²) in [5, 5.41) is 13.3. The number of rotatable bonds is 8. The van der Waals surface area contributed by atoms with Gasteiger partial charge in [-0.3, -0.25) is 9.59 Å². The number of ether oxygens (including phenoxy) is 1. The van der Waals surface area contributed by atoms with Gasteiger partial charge in [0.15, 0.2) is 0 Å². The van der Waals surface area contributed by atoms with Crippen LogP contribution in [0.5, 0.6) is 5.75 Å². The van der Waals surface area contributed by atoms with Gasteiger partial charge in [0.05, 0.1) is 18.7 Å². The van der Waals surface area contributed by atoms with Gasteiger partial charge in [-0.05, 0) is 41.6 Å². The fourth-order valence-electron chi connectivity index (χ4n) is 4.63. The largest absolute Gasteiger partial charge is 0.507 e. The number of benzene rings is 3. The SMILES string of the molecule is CCN(CC)CCN1C(=O)C(=O)/C(=C(\O)c2cccc3ccccc23)C1c1cccc(OC)c1. The molecule has 4 rings (SSSR count). The number of hydrogen-bond acceptors (Lipinski definition) is 5. The zero-order valence-corrected chi connectivity index (χ0v) is 19.8. The zero-order valence-electron chi connectivity index (χ0n) is 19.8. The molecule has 0 aromatic heterocycles. The summed E-state index contributed by atoms with van der Waals surface area (Å²) in [6, 6.07) is 19.9. The van der Waals surface area contributed by atoms with Crippen molar-refractivity contribution >= 4 is 28.2 Å². The average molecular weight is 459 g/mol. The highest BCUT2D eigenvalue weighted by Gasteiger charge is 2.46. The van der Waals surface area contributed by atoms with E-state index in [1.807, 2.05) is 60.7 Å². The molecule has 6 heteroatoms. The van der Waals surface area contributed by atoms with Crippen LogP contribution in [0.15, 0.2) is 72.3 Å². The summed E-state index contributed by atoms with van der Waals surface area (Å²) in [5.41, 5.74) is 1.36. The summed E-state index contributed by atoms with van der Waals surface area (Å²) < 4.78 is 5.40. The summed E-state index contributed by atoms with van der Waals surface area (Å²) in [6.07, 6.45) is 0. The number of ketones is 1. The van der Waals surface area contributed by atoms with Crippen LogP contribution >= 0.6 is 0 Å². The molecular weight excluding hydrogens is 428 g/mol. The molecule has 0 spiro atoms. The number of carbonyl (C=O) groups excluding carboxylic acids is 2. The third kappa shape index (κ3) is 4.29. The minimum atomic E-state index is -0.704. The molecule has 176 valence electrons. The molecule has 0 radical (unpaired) electrons. The molecule has 1 heterocycles. The number of carbonyl (C=O) groups is 2. The molecule has 0 bridgehead atoms. The third-order valence-corrected chi connectivity index (χ3v) is 6.55. The second kappa shape index (κ2) is 10.1. The second-order valence-corrected chi connectivity index (χ2v) is 8.32. The van der Waals surface area contributed by atoms with Crippen molar-refractivity contribution in [1.29, 1.82) is 0 Å². The van der Waals surface area contributed by atoms with Crippen LogP contribution in [0.4, 0.5) is 0 Å². The first-order chi connectivity index (χ1) is 16.5. The molecule has 3 aromatic rings. The highest BCUT2D eigenvalue weighted by molar-refractivity contribution is 6.46. The van der Waals surface area contributed by atoms with Crippen molar-refractivity contribution in [1.82, 2.24) is 9.80 Å². The number of likely N-dealkylation sites (N-methyl/N-ethyl adjacent to an activating group) is 1. The van der Waals surface area contributed by atoms with Gasteiger partial charge < -0.3 is 19.6 Å². The van der Waals surface area contributed by atoms with Gasteiger partial charge in [-0.25, -0.2) is 0 Å². The van der Waals surface area contributed by atoms with E-state index in [1.54, 1.807) is 18.1 Å². The van der Waals surface area contributed by atoms with E-state index in [-0.39, 0.29) is 11.3 Å². The van der Waals surface area contributed by atoms with E-state index >= 15 is 0 Å². The summed E-state index contributed by atoms with van der Waals surface area (Å²) >= 11 is 0. The standard InChI is InChI=1S/C28H30N2O4/c1-4-29(5-2)16-17-30-25(20-12-8-13-21(18-20)34-3)24(27(32)28(30)33)26(31)23-15-9-11-19-10-6-7-14-22(19)23/h6-15,18,25,31H,4-5,16-17H2,1-3H3/b26-24-. The number of aliphatic hydroxyl groups is 1. The summed E-state index contributed by atoms with van der Waals surface area (Å²) in [4.78, 5) is 30.3. The predicted octanol–water partition coefficient (Wildman–Crippen LogP) is 4.61. The molecular formula is C28H30N2O4. The number of methoxy groups -OCH3 is 1. The van der Waals surface area contributed by atoms with Gasteiger partial charge in [-0.2, -0.15) is 0 Å². The van der Waals surface area contributed by atoms with Crippen molar-refractivity contribution in [2.75, 3.05) is 33.3 Å². The monoisotopic (exact) mass is 458 g/mol. The van der Waals surface area contributed by atoms with E-state index in [0.29, 0.717) is 24.4 Å². The minimum absolute atomic E-state index is 0.106. The van der Waals surface area contributed by atoms with Crippen molar-refractivity contribution < 1.29 is 19.4 Å². The lowest BCUT2D eigenvalue weighted by Gasteiger charge is -2.28. The number of hydrogen-bond donors (Lipinski definition) is 1. The first kappa shape index (κ1) is 23.5. The maximum Gasteiger partial charge on any atom is 0.295 e. The number of nitrogens with zero attached hydrogens (tertiary/aromatic N) is 2. The van der Waals surface area contributed by atoms with E-state index in [0.717, 1.165) is 29.4 Å². The van der Waals surface area contributed by atoms with Gasteiger partial charge in [0, 0.05) is 18.7 Å². The van der Waals surface area contributed by atoms with E-state index in [2.05, 4.69) is 18.7 Å². The van der Waals surface area contributed by atoms with Crippen LogP contribution in [-0.4, -0.2) is 59.9 Å². The molecule has 6 nitrogen and oxygen atoms in total. The summed E-state index contributed by atoms with van der Waals surface area (Å²) in [6.45, 7) is 6.84. The Balaban J connectivity index is 1.88. The Bertz CT molecular complexity index is 1240. The predicted molar refractivity (Wildman–Crippen MR) is 134 cm³/mol. The Labute approximate surface area is 200 Å². The lowest BCUT2D eigenvalue weighted by molar-refractivity contribution is -0.140. The third-order valence-electron chi connectivity index (χ3n) is 6.55. The summed E-state index contributed by atoms with van der Waals surface area (Å²) in [7, 11) is 1.58. The van der Waals surface area contributed by atoms with Crippen LogP contribution in [0.3, 0.4) is 0 Å². The van der Waals surface area contributed by atoms with Crippen LogP contribution in [0.2, 0.25) is 0 Å². The Morgan fingerprint density at radius 3 is 2.44 bits per heavy atom. The maximum atomic E-state index is 13.3. The molecule has 34 heavy (non-hydrogen) atoms. The molecule has 0 aliphatic carbocycles. The molecule has 1 saturated heterocycles. The van der Waals surface area contributed by atoms with Gasteiger partial charge in [0.1, 0.15) is 11.5 Å². The molecule has 1 aliphatic heterocycles. The normalized spacial score (nSPS) is 17.6. The molecule has 1 N–H and O–H groups in total. The molecule has 1 amide bonds. The highest BCUT2D eigenvalue weighted by Crippen LogP contribution is 2.41. The van der Waals surface area contributed by atoms with Gasteiger partial charge in [-0.15, -0.1) is 0 Å². The lowest BCUT2D eigenvalue weighted by Crippen LogP contribution is -2.38. The van der Waals surface area contributed by atoms with E-state index in [9.17, 15) is 14.7 Å². The van der Waals surface area contributed by atoms with Gasteiger partial charge in [0.25, 0.3) is 11.7 Å². The van der Waals surface area contributed by atoms with Crippen molar-refractivity contribution in [2.45, 2.75) is 19.9 Å². The number of likely N-dealkylation sites (tertiary alicyclic amines) is 1. The molecule has 1 unspecified atom stereocenters. The molecule has 1 aliphatic rings. The first-order valence-electron chi connectivity index (χ1n) is 11.6. The average Bonchev–Trinajstić information content (AvgIpc) is 3.13. The van der Waals surface area contributed by atoms with Crippen molar-refractivity contribution in [3.8, 4) is 5.75 Å². The van der Waals surface area contributed by atoms with Gasteiger partial charge in [-0.1, -0.05) is 68.4 Å². The minimum Gasteiger partial charge on any atom is -0.507 e. The quantitative estimate of drug-likeness (QED) is 0.303. The van der Waals surface area contributed by atoms with E-state index < -0.39 is 17.7 Å². The zero-order chi connectivity index (χ0) is 24.2. The van der Waals surface area contributed by atoms with Crippen LogP contribution in [0.25, 0.3) is 16.5 Å². The van der Waals surface area contributed by atoms with Crippen LogP contribution in [-0.2, 0) is 9.59 Å². The Hall–Kier alpha value is -3.64. The Morgan fingerprint density at radius 1 is 1.00 bits per heavy atom. The molecule has 1 atom stereocenters. The van der Waals surface area contributed by atoms with Crippen LogP contribution in [0.1, 0.15) is 31.0 Å².